The average Bonchev–Trinajstić information content (AvgIpc) is 2.66. The average molecular weight is 375 g/mol. The Hall–Kier alpha value is -1.61. The van der Waals surface area contributed by atoms with Crippen LogP contribution in [0.1, 0.15) is 82.8 Å². The minimum Gasteiger partial charge on any atom is -0.481 e. The number of unbranched alkanes of at least 4 members (excludes halogenated alkanes) is 8. The van der Waals surface area contributed by atoms with Crippen molar-refractivity contribution in [3.63, 3.8) is 0 Å². The van der Waals surface area contributed by atoms with Crippen molar-refractivity contribution in [2.75, 3.05) is 6.61 Å². The van der Waals surface area contributed by atoms with Crippen molar-refractivity contribution in [1.29, 1.82) is 0 Å². The van der Waals surface area contributed by atoms with Gasteiger partial charge in [-0.1, -0.05) is 95.2 Å². The molecule has 1 unspecified atom stereocenters. The fraction of sp³-hybridized carbons (Fsp3) is 0.625. The van der Waals surface area contributed by atoms with Crippen LogP contribution < -0.4 is 0 Å². The molecule has 1 N–H and O–H groups in total. The maximum absolute atomic E-state index is 10.9. The fourth-order valence-electron chi connectivity index (χ4n) is 3.04. The van der Waals surface area contributed by atoms with Crippen molar-refractivity contribution in [1.82, 2.24) is 0 Å². The standard InChI is InChI=1S/C24H38O3/c1-3-4-5-6-7-8-9-10-11-12-13-18-27-20-23-16-14-22(15-17-23)19-21(2)24(25)26/h12-17,21H,3-11,18-20H2,1-2H3,(H,25,26). The molecule has 0 amide bonds. The molecule has 0 radical (unpaired) electrons. The second-order valence-corrected chi connectivity index (χ2v) is 7.51. The number of benzene rings is 1. The molecule has 1 aromatic carbocycles. The molecular formula is C24H38O3. The molecule has 0 bridgehead atoms. The van der Waals surface area contributed by atoms with Crippen molar-refractivity contribution in [3.8, 4) is 0 Å². The number of rotatable bonds is 16. The Kier molecular flexibility index (Phi) is 13.4. The molecule has 0 heterocycles. The Bertz CT molecular complexity index is 519. The first-order chi connectivity index (χ1) is 13.1. The molecule has 1 atom stereocenters. The summed E-state index contributed by atoms with van der Waals surface area (Å²) in [5, 5.41) is 8.96. The SMILES string of the molecule is CCCCCCCCCCC=CCOCc1ccc(CC(C)C(=O)O)cc1. The highest BCUT2D eigenvalue weighted by Gasteiger charge is 2.11. The van der Waals surface area contributed by atoms with Gasteiger partial charge in [0.25, 0.3) is 0 Å². The Morgan fingerprint density at radius 3 is 2.19 bits per heavy atom. The Morgan fingerprint density at radius 1 is 0.963 bits per heavy atom. The Balaban J connectivity index is 2.02. The van der Waals surface area contributed by atoms with Crippen LogP contribution in [0.25, 0.3) is 0 Å². The smallest absolute Gasteiger partial charge is 0.306 e. The molecule has 0 aliphatic heterocycles. The van der Waals surface area contributed by atoms with E-state index in [0.717, 1.165) is 17.5 Å². The number of allylic oxidation sites excluding steroid dienone is 1. The zero-order valence-electron chi connectivity index (χ0n) is 17.3. The van der Waals surface area contributed by atoms with Gasteiger partial charge in [0, 0.05) is 0 Å². The minimum absolute atomic E-state index is 0.349. The maximum Gasteiger partial charge on any atom is 0.306 e. The van der Waals surface area contributed by atoms with E-state index >= 15 is 0 Å². The zero-order valence-corrected chi connectivity index (χ0v) is 17.3. The summed E-state index contributed by atoms with van der Waals surface area (Å²) in [6.07, 6.45) is 16.9. The van der Waals surface area contributed by atoms with Crippen LogP contribution >= 0.6 is 0 Å². The molecule has 0 spiro atoms. The Labute approximate surface area is 165 Å². The normalized spacial score (nSPS) is 12.5. The van der Waals surface area contributed by atoms with Gasteiger partial charge in [-0.2, -0.15) is 0 Å². The summed E-state index contributed by atoms with van der Waals surface area (Å²) in [5.74, 6) is -1.10. The first-order valence-corrected chi connectivity index (χ1v) is 10.7. The van der Waals surface area contributed by atoms with Gasteiger partial charge in [-0.05, 0) is 30.4 Å². The molecule has 0 saturated carbocycles. The van der Waals surface area contributed by atoms with E-state index in [2.05, 4.69) is 19.1 Å². The molecule has 27 heavy (non-hydrogen) atoms. The zero-order chi connectivity index (χ0) is 19.7. The number of hydrogen-bond donors (Lipinski definition) is 1. The number of carboxylic acids is 1. The van der Waals surface area contributed by atoms with Crippen LogP contribution in [0.4, 0.5) is 0 Å². The number of aliphatic carboxylic acids is 1. The molecule has 0 aromatic heterocycles. The molecule has 0 aliphatic rings. The van der Waals surface area contributed by atoms with Crippen molar-refractivity contribution in [3.05, 3.63) is 47.5 Å². The highest BCUT2D eigenvalue weighted by molar-refractivity contribution is 5.69. The molecule has 152 valence electrons. The Morgan fingerprint density at radius 2 is 1.56 bits per heavy atom. The monoisotopic (exact) mass is 374 g/mol. The van der Waals surface area contributed by atoms with Gasteiger partial charge in [-0.25, -0.2) is 0 Å². The lowest BCUT2D eigenvalue weighted by atomic mass is 10.0. The predicted octanol–water partition coefficient (Wildman–Crippen LogP) is 6.55. The van der Waals surface area contributed by atoms with E-state index in [9.17, 15) is 4.79 Å². The van der Waals surface area contributed by atoms with Gasteiger partial charge in [-0.15, -0.1) is 0 Å². The summed E-state index contributed by atoms with van der Waals surface area (Å²) in [5.41, 5.74) is 2.18. The van der Waals surface area contributed by atoms with Crippen LogP contribution in [-0.4, -0.2) is 17.7 Å². The first kappa shape index (κ1) is 23.4. The summed E-state index contributed by atoms with van der Waals surface area (Å²) in [7, 11) is 0. The lowest BCUT2D eigenvalue weighted by Crippen LogP contribution is -2.12. The fourth-order valence-corrected chi connectivity index (χ4v) is 3.04. The van der Waals surface area contributed by atoms with Gasteiger partial charge >= 0.3 is 5.97 Å². The summed E-state index contributed by atoms with van der Waals surface area (Å²) >= 11 is 0. The van der Waals surface area contributed by atoms with Crippen LogP contribution in [0.15, 0.2) is 36.4 Å². The summed E-state index contributed by atoms with van der Waals surface area (Å²) < 4.78 is 5.68. The summed E-state index contributed by atoms with van der Waals surface area (Å²) in [6.45, 7) is 5.24. The van der Waals surface area contributed by atoms with Crippen molar-refractivity contribution < 1.29 is 14.6 Å². The topological polar surface area (TPSA) is 46.5 Å². The van der Waals surface area contributed by atoms with E-state index in [0.29, 0.717) is 19.6 Å². The van der Waals surface area contributed by atoms with E-state index in [4.69, 9.17) is 9.84 Å². The van der Waals surface area contributed by atoms with Crippen LogP contribution in [0.3, 0.4) is 0 Å². The lowest BCUT2D eigenvalue weighted by molar-refractivity contribution is -0.141. The van der Waals surface area contributed by atoms with Gasteiger partial charge < -0.3 is 9.84 Å². The van der Waals surface area contributed by atoms with Crippen molar-refractivity contribution in [2.45, 2.75) is 84.7 Å². The van der Waals surface area contributed by atoms with E-state index < -0.39 is 5.97 Å². The summed E-state index contributed by atoms with van der Waals surface area (Å²) in [6, 6.07) is 8.04. The quantitative estimate of drug-likeness (QED) is 0.263. The molecule has 0 saturated heterocycles. The van der Waals surface area contributed by atoms with Gasteiger partial charge in [-0.3, -0.25) is 4.79 Å². The van der Waals surface area contributed by atoms with Gasteiger partial charge in [0.05, 0.1) is 19.1 Å². The molecule has 1 rings (SSSR count). The van der Waals surface area contributed by atoms with E-state index in [1.54, 1.807) is 6.92 Å². The highest BCUT2D eigenvalue weighted by Crippen LogP contribution is 2.12. The van der Waals surface area contributed by atoms with Crippen LogP contribution in [0.5, 0.6) is 0 Å². The maximum atomic E-state index is 10.9. The minimum atomic E-state index is -0.749. The first-order valence-electron chi connectivity index (χ1n) is 10.7. The van der Waals surface area contributed by atoms with E-state index in [1.165, 1.54) is 51.4 Å². The van der Waals surface area contributed by atoms with Crippen LogP contribution in [0, 0.1) is 5.92 Å². The van der Waals surface area contributed by atoms with Gasteiger partial charge in [0.2, 0.25) is 0 Å². The number of carbonyl (C=O) groups is 1. The second kappa shape index (κ2) is 15.4. The van der Waals surface area contributed by atoms with Crippen molar-refractivity contribution in [2.24, 2.45) is 5.92 Å². The molecular weight excluding hydrogens is 336 g/mol. The largest absolute Gasteiger partial charge is 0.481 e. The molecule has 3 nitrogen and oxygen atoms in total. The second-order valence-electron chi connectivity index (χ2n) is 7.51. The molecule has 0 fully saturated rings. The van der Waals surface area contributed by atoms with Crippen LogP contribution in [0.2, 0.25) is 0 Å². The third kappa shape index (κ3) is 12.4. The third-order valence-corrected chi connectivity index (χ3v) is 4.86. The molecule has 3 heteroatoms. The van der Waals surface area contributed by atoms with Crippen LogP contribution in [-0.2, 0) is 22.6 Å². The molecule has 0 aliphatic carbocycles. The highest BCUT2D eigenvalue weighted by atomic mass is 16.5. The number of carboxylic acid groups (broad SMARTS) is 1. The van der Waals surface area contributed by atoms with Gasteiger partial charge in [0.15, 0.2) is 0 Å². The number of hydrogen-bond acceptors (Lipinski definition) is 2. The lowest BCUT2D eigenvalue weighted by Gasteiger charge is -2.07. The van der Waals surface area contributed by atoms with E-state index in [1.807, 2.05) is 24.3 Å². The predicted molar refractivity (Wildman–Crippen MR) is 113 cm³/mol. The number of ether oxygens (including phenoxy) is 1. The third-order valence-electron chi connectivity index (χ3n) is 4.86. The molecule has 1 aromatic rings. The van der Waals surface area contributed by atoms with E-state index in [-0.39, 0.29) is 5.92 Å². The summed E-state index contributed by atoms with van der Waals surface area (Å²) in [4.78, 5) is 10.9. The van der Waals surface area contributed by atoms with Gasteiger partial charge in [0.1, 0.15) is 0 Å². The van der Waals surface area contributed by atoms with Crippen molar-refractivity contribution >= 4 is 5.97 Å².